The number of hydrogen-bond acceptors (Lipinski definition) is 4. The number of ether oxygens (including phenoxy) is 1. The van der Waals surface area contributed by atoms with E-state index in [0.717, 1.165) is 36.0 Å². The van der Waals surface area contributed by atoms with Crippen LogP contribution in [-0.2, 0) is 45.5 Å². The Hall–Kier alpha value is -2.22. The number of hydrogen-bond donors (Lipinski definition) is 1. The predicted molar refractivity (Wildman–Crippen MR) is 128 cm³/mol. The average molecular weight is 471 g/mol. The molecular formula is C26H34N2O4S. The van der Waals surface area contributed by atoms with E-state index in [-0.39, 0.29) is 17.9 Å². The Labute approximate surface area is 197 Å². The Morgan fingerprint density at radius 3 is 2.39 bits per heavy atom. The highest BCUT2D eigenvalue weighted by atomic mass is 32.2. The van der Waals surface area contributed by atoms with Crippen molar-refractivity contribution in [3.63, 3.8) is 0 Å². The van der Waals surface area contributed by atoms with Gasteiger partial charge in [0.1, 0.15) is 0 Å². The Bertz CT molecular complexity index is 1070. The number of fused-ring (bicyclic) bond motifs is 1. The summed E-state index contributed by atoms with van der Waals surface area (Å²) in [6.45, 7) is 5.83. The van der Waals surface area contributed by atoms with Gasteiger partial charge in [-0.2, -0.15) is 4.31 Å². The first kappa shape index (κ1) is 23.9. The number of nitrogens with zero attached hydrogens (tertiary/aromatic N) is 1. The van der Waals surface area contributed by atoms with E-state index in [1.807, 2.05) is 50.2 Å². The third-order valence-corrected chi connectivity index (χ3v) is 8.50. The number of nitrogens with one attached hydrogen (secondary N) is 1. The second-order valence-corrected chi connectivity index (χ2v) is 11.3. The molecule has 1 aliphatic carbocycles. The number of carbonyl (C=O) groups excluding carboxylic acids is 1. The van der Waals surface area contributed by atoms with E-state index < -0.39 is 10.0 Å². The van der Waals surface area contributed by atoms with Gasteiger partial charge >= 0.3 is 0 Å². The van der Waals surface area contributed by atoms with Gasteiger partial charge in [0.05, 0.1) is 17.6 Å². The van der Waals surface area contributed by atoms with Crippen LogP contribution in [0.15, 0.2) is 47.4 Å². The van der Waals surface area contributed by atoms with Gasteiger partial charge in [-0.3, -0.25) is 4.79 Å². The fraction of sp³-hybridized carbons (Fsp3) is 0.500. The van der Waals surface area contributed by atoms with Gasteiger partial charge in [0.25, 0.3) is 0 Å². The molecule has 1 amide bonds. The normalized spacial score (nSPS) is 17.3. The lowest BCUT2D eigenvalue weighted by Crippen LogP contribution is -2.42. The molecule has 7 heteroatoms. The molecule has 0 atom stereocenters. The lowest BCUT2D eigenvalue weighted by atomic mass is 9.97. The number of aryl methyl sites for hydroxylation is 2. The van der Waals surface area contributed by atoms with Gasteiger partial charge in [0.2, 0.25) is 15.9 Å². The standard InChI is InChI=1S/C26H34N2O4S/c1-19(2)32-18-21-8-6-20(7-9-21)17-27-26(29)23-12-14-28(15-13-23)33(30,31)25-11-10-22-4-3-5-24(22)16-25/h6-11,16,19,23H,3-5,12-15,17-18H2,1-2H3,(H,27,29). The fourth-order valence-electron chi connectivity index (χ4n) is 4.57. The highest BCUT2D eigenvalue weighted by Gasteiger charge is 2.32. The van der Waals surface area contributed by atoms with Crippen molar-refractivity contribution in [2.24, 2.45) is 5.92 Å². The van der Waals surface area contributed by atoms with Gasteiger partial charge in [-0.1, -0.05) is 30.3 Å². The highest BCUT2D eigenvalue weighted by Crippen LogP contribution is 2.28. The predicted octanol–water partition coefficient (Wildman–Crippen LogP) is 3.82. The molecule has 4 rings (SSSR count). The van der Waals surface area contributed by atoms with E-state index in [1.165, 1.54) is 9.87 Å². The van der Waals surface area contributed by atoms with E-state index in [1.54, 1.807) is 6.07 Å². The van der Waals surface area contributed by atoms with Gasteiger partial charge in [-0.05, 0) is 80.3 Å². The van der Waals surface area contributed by atoms with Gasteiger partial charge < -0.3 is 10.1 Å². The van der Waals surface area contributed by atoms with E-state index in [0.29, 0.717) is 44.0 Å². The molecule has 1 N–H and O–H groups in total. The van der Waals surface area contributed by atoms with Crippen LogP contribution in [0, 0.1) is 5.92 Å². The van der Waals surface area contributed by atoms with Crippen LogP contribution in [0.25, 0.3) is 0 Å². The summed E-state index contributed by atoms with van der Waals surface area (Å²) in [5, 5.41) is 3.01. The molecule has 0 saturated carbocycles. The van der Waals surface area contributed by atoms with Crippen molar-refractivity contribution in [2.75, 3.05) is 13.1 Å². The van der Waals surface area contributed by atoms with E-state index in [4.69, 9.17) is 4.74 Å². The number of sulfonamides is 1. The summed E-state index contributed by atoms with van der Waals surface area (Å²) < 4.78 is 33.3. The van der Waals surface area contributed by atoms with Gasteiger partial charge in [-0.15, -0.1) is 0 Å². The number of rotatable bonds is 8. The summed E-state index contributed by atoms with van der Waals surface area (Å²) in [7, 11) is -3.51. The molecule has 2 aromatic carbocycles. The molecule has 0 spiro atoms. The van der Waals surface area contributed by atoms with Crippen molar-refractivity contribution in [1.29, 1.82) is 0 Å². The Morgan fingerprint density at radius 2 is 1.70 bits per heavy atom. The van der Waals surface area contributed by atoms with Gasteiger partial charge in [0, 0.05) is 25.6 Å². The van der Waals surface area contributed by atoms with Crippen LogP contribution in [0.1, 0.15) is 55.4 Å². The van der Waals surface area contributed by atoms with Gasteiger partial charge in [-0.25, -0.2) is 8.42 Å². The smallest absolute Gasteiger partial charge is 0.243 e. The summed E-state index contributed by atoms with van der Waals surface area (Å²) in [6, 6.07) is 13.6. The van der Waals surface area contributed by atoms with Crippen LogP contribution in [-0.4, -0.2) is 37.8 Å². The lowest BCUT2D eigenvalue weighted by Gasteiger charge is -2.30. The maximum atomic E-state index is 13.1. The third kappa shape index (κ3) is 5.83. The highest BCUT2D eigenvalue weighted by molar-refractivity contribution is 7.89. The summed E-state index contributed by atoms with van der Waals surface area (Å²) in [6.07, 6.45) is 4.36. The molecule has 0 bridgehead atoms. The van der Waals surface area contributed by atoms with E-state index in [2.05, 4.69) is 5.32 Å². The molecular weight excluding hydrogens is 436 g/mol. The van der Waals surface area contributed by atoms with Crippen LogP contribution in [0.3, 0.4) is 0 Å². The van der Waals surface area contributed by atoms with Crippen LogP contribution in [0.2, 0.25) is 0 Å². The van der Waals surface area contributed by atoms with Crippen LogP contribution in [0.4, 0.5) is 0 Å². The monoisotopic (exact) mass is 470 g/mol. The van der Waals surface area contributed by atoms with E-state index >= 15 is 0 Å². The molecule has 1 fully saturated rings. The topological polar surface area (TPSA) is 75.7 Å². The fourth-order valence-corrected chi connectivity index (χ4v) is 6.09. The first-order chi connectivity index (χ1) is 15.8. The number of benzene rings is 2. The van der Waals surface area contributed by atoms with Crippen molar-refractivity contribution >= 4 is 15.9 Å². The first-order valence-electron chi connectivity index (χ1n) is 11.9. The first-order valence-corrected chi connectivity index (χ1v) is 13.4. The summed E-state index contributed by atoms with van der Waals surface area (Å²) in [5.41, 5.74) is 4.57. The van der Waals surface area contributed by atoms with Crippen LogP contribution >= 0.6 is 0 Å². The summed E-state index contributed by atoms with van der Waals surface area (Å²) in [4.78, 5) is 13.1. The molecule has 1 heterocycles. The zero-order valence-electron chi connectivity index (χ0n) is 19.5. The maximum absolute atomic E-state index is 13.1. The number of amides is 1. The Balaban J connectivity index is 1.26. The zero-order chi connectivity index (χ0) is 23.4. The second-order valence-electron chi connectivity index (χ2n) is 9.36. The molecule has 1 saturated heterocycles. The number of carbonyl (C=O) groups is 1. The molecule has 6 nitrogen and oxygen atoms in total. The number of piperidine rings is 1. The van der Waals surface area contributed by atoms with Gasteiger partial charge in [0.15, 0.2) is 0 Å². The minimum atomic E-state index is -3.51. The van der Waals surface area contributed by atoms with Crippen molar-refractivity contribution in [3.8, 4) is 0 Å². The minimum absolute atomic E-state index is 0.00297. The maximum Gasteiger partial charge on any atom is 0.243 e. The minimum Gasteiger partial charge on any atom is -0.374 e. The third-order valence-electron chi connectivity index (χ3n) is 6.61. The van der Waals surface area contributed by atoms with Crippen molar-refractivity contribution in [3.05, 3.63) is 64.7 Å². The lowest BCUT2D eigenvalue weighted by molar-refractivity contribution is -0.126. The molecule has 0 radical (unpaired) electrons. The van der Waals surface area contributed by atoms with Crippen molar-refractivity contribution in [2.45, 2.75) is 70.1 Å². The van der Waals surface area contributed by atoms with Crippen molar-refractivity contribution < 1.29 is 17.9 Å². The Kier molecular flexibility index (Phi) is 7.51. The molecule has 2 aliphatic rings. The molecule has 0 aromatic heterocycles. The van der Waals surface area contributed by atoms with Crippen molar-refractivity contribution in [1.82, 2.24) is 9.62 Å². The van der Waals surface area contributed by atoms with Crippen LogP contribution in [0.5, 0.6) is 0 Å². The summed E-state index contributed by atoms with van der Waals surface area (Å²) >= 11 is 0. The quantitative estimate of drug-likeness (QED) is 0.636. The molecule has 33 heavy (non-hydrogen) atoms. The largest absolute Gasteiger partial charge is 0.374 e. The zero-order valence-corrected chi connectivity index (χ0v) is 20.4. The average Bonchev–Trinajstić information content (AvgIpc) is 3.30. The van der Waals surface area contributed by atoms with Crippen LogP contribution < -0.4 is 5.32 Å². The molecule has 1 aliphatic heterocycles. The second kappa shape index (κ2) is 10.4. The molecule has 2 aromatic rings. The molecule has 178 valence electrons. The SMILES string of the molecule is CC(C)OCc1ccc(CNC(=O)C2CCN(S(=O)(=O)c3ccc4c(c3)CCC4)CC2)cc1. The Morgan fingerprint density at radius 1 is 1.03 bits per heavy atom. The van der Waals surface area contributed by atoms with E-state index in [9.17, 15) is 13.2 Å². The molecule has 0 unspecified atom stereocenters. The summed E-state index contributed by atoms with van der Waals surface area (Å²) in [5.74, 6) is -0.160.